The van der Waals surface area contributed by atoms with Crippen LogP contribution in [0, 0.1) is 0 Å². The highest BCUT2D eigenvalue weighted by molar-refractivity contribution is 6.03. The second kappa shape index (κ2) is 9.93. The highest BCUT2D eigenvalue weighted by Gasteiger charge is 2.12. The van der Waals surface area contributed by atoms with E-state index >= 15 is 0 Å². The number of anilines is 2. The maximum Gasteiger partial charge on any atom is 0.233 e. The zero-order valence-corrected chi connectivity index (χ0v) is 14.3. The predicted octanol–water partition coefficient (Wildman–Crippen LogP) is 2.16. The van der Waals surface area contributed by atoms with Gasteiger partial charge in [-0.3, -0.25) is 9.59 Å². The fraction of sp³-hybridized carbons (Fsp3) is 0.556. The molecule has 132 valence electrons. The van der Waals surface area contributed by atoms with Gasteiger partial charge >= 0.3 is 0 Å². The molecule has 0 radical (unpaired) electrons. The Morgan fingerprint density at radius 2 is 1.79 bits per heavy atom. The molecule has 0 unspecified atom stereocenters. The molecule has 1 aliphatic rings. The Labute approximate surface area is 143 Å². The minimum Gasteiger partial charge on any atom is -0.385 e. The quantitative estimate of drug-likeness (QED) is 0.565. The first kappa shape index (κ1) is 18.3. The van der Waals surface area contributed by atoms with Crippen molar-refractivity contribution >= 4 is 23.2 Å². The van der Waals surface area contributed by atoms with Crippen LogP contribution in [0.25, 0.3) is 0 Å². The summed E-state index contributed by atoms with van der Waals surface area (Å²) in [5.41, 5.74) is 1.90. The molecule has 0 saturated carbocycles. The van der Waals surface area contributed by atoms with Crippen molar-refractivity contribution in [3.8, 4) is 0 Å². The van der Waals surface area contributed by atoms with Gasteiger partial charge in [0.05, 0.1) is 0 Å². The number of ether oxygens (including phenoxy) is 1. The minimum absolute atomic E-state index is 0.166. The molecule has 1 aromatic carbocycles. The summed E-state index contributed by atoms with van der Waals surface area (Å²) < 4.78 is 4.90. The summed E-state index contributed by atoms with van der Waals surface area (Å²) in [5.74, 6) is -0.571. The number of hydrogen-bond donors (Lipinski definition) is 2. The number of nitrogens with one attached hydrogen (secondary N) is 2. The van der Waals surface area contributed by atoms with Crippen LogP contribution in [0.2, 0.25) is 0 Å². The third-order valence-electron chi connectivity index (χ3n) is 4.04. The van der Waals surface area contributed by atoms with E-state index < -0.39 is 0 Å². The van der Waals surface area contributed by atoms with E-state index in [9.17, 15) is 9.59 Å². The van der Waals surface area contributed by atoms with Gasteiger partial charge in [0.2, 0.25) is 11.8 Å². The van der Waals surface area contributed by atoms with Gasteiger partial charge < -0.3 is 20.3 Å². The molecule has 2 N–H and O–H groups in total. The third kappa shape index (κ3) is 6.20. The summed E-state index contributed by atoms with van der Waals surface area (Å²) in [4.78, 5) is 25.9. The first-order valence-corrected chi connectivity index (χ1v) is 8.59. The fourth-order valence-corrected chi connectivity index (χ4v) is 2.77. The maximum atomic E-state index is 11.9. The second-order valence-corrected chi connectivity index (χ2v) is 6.02. The predicted molar refractivity (Wildman–Crippen MR) is 95.3 cm³/mol. The average molecular weight is 333 g/mol. The number of piperidine rings is 1. The van der Waals surface area contributed by atoms with Gasteiger partial charge in [0.25, 0.3) is 0 Å². The Morgan fingerprint density at radius 3 is 2.46 bits per heavy atom. The van der Waals surface area contributed by atoms with Crippen LogP contribution in [0.1, 0.15) is 32.1 Å². The van der Waals surface area contributed by atoms with Crippen molar-refractivity contribution in [3.63, 3.8) is 0 Å². The Bertz CT molecular complexity index is 525. The molecule has 1 aliphatic heterocycles. The molecule has 1 aromatic rings. The number of nitrogens with zero attached hydrogens (tertiary/aromatic N) is 1. The van der Waals surface area contributed by atoms with Gasteiger partial charge in [-0.1, -0.05) is 0 Å². The second-order valence-electron chi connectivity index (χ2n) is 6.02. The Morgan fingerprint density at radius 1 is 1.08 bits per heavy atom. The lowest BCUT2D eigenvalue weighted by molar-refractivity contribution is -0.126. The van der Waals surface area contributed by atoms with Crippen molar-refractivity contribution in [1.82, 2.24) is 5.32 Å². The van der Waals surface area contributed by atoms with Crippen molar-refractivity contribution < 1.29 is 14.3 Å². The summed E-state index contributed by atoms with van der Waals surface area (Å²) in [5, 5.41) is 5.46. The Kier molecular flexibility index (Phi) is 7.55. The van der Waals surface area contributed by atoms with Gasteiger partial charge in [0.15, 0.2) is 0 Å². The van der Waals surface area contributed by atoms with Crippen molar-refractivity contribution in [2.45, 2.75) is 32.1 Å². The highest BCUT2D eigenvalue weighted by atomic mass is 16.5. The van der Waals surface area contributed by atoms with Gasteiger partial charge in [-0.2, -0.15) is 0 Å². The van der Waals surface area contributed by atoms with Gasteiger partial charge in [0.1, 0.15) is 6.42 Å². The number of carbonyl (C=O) groups is 2. The van der Waals surface area contributed by atoms with E-state index in [1.165, 1.54) is 24.9 Å². The van der Waals surface area contributed by atoms with Crippen LogP contribution in [0.4, 0.5) is 11.4 Å². The molecule has 6 heteroatoms. The van der Waals surface area contributed by atoms with E-state index in [-0.39, 0.29) is 18.2 Å². The summed E-state index contributed by atoms with van der Waals surface area (Å²) in [7, 11) is 1.62. The summed E-state index contributed by atoms with van der Waals surface area (Å²) >= 11 is 0. The van der Waals surface area contributed by atoms with Crippen LogP contribution >= 0.6 is 0 Å². The number of amides is 2. The zero-order chi connectivity index (χ0) is 17.2. The van der Waals surface area contributed by atoms with E-state index in [0.717, 1.165) is 19.5 Å². The van der Waals surface area contributed by atoms with Crippen LogP contribution in [-0.2, 0) is 14.3 Å². The molecule has 1 saturated heterocycles. The van der Waals surface area contributed by atoms with E-state index in [0.29, 0.717) is 18.8 Å². The number of benzene rings is 1. The normalized spacial score (nSPS) is 14.3. The highest BCUT2D eigenvalue weighted by Crippen LogP contribution is 2.21. The van der Waals surface area contributed by atoms with Crippen LogP contribution in [-0.4, -0.2) is 45.2 Å². The van der Waals surface area contributed by atoms with E-state index in [2.05, 4.69) is 15.5 Å². The molecule has 0 spiro atoms. The molecule has 0 aromatic heterocycles. The standard InChI is InChI=1S/C18H27N3O3/c1-24-13-5-10-19-17(22)14-18(23)20-15-6-8-16(9-7-15)21-11-3-2-4-12-21/h6-9H,2-5,10-14H2,1H3,(H,19,22)(H,20,23). The van der Waals surface area contributed by atoms with Crippen molar-refractivity contribution in [1.29, 1.82) is 0 Å². The zero-order valence-electron chi connectivity index (χ0n) is 14.3. The van der Waals surface area contributed by atoms with Crippen molar-refractivity contribution in [3.05, 3.63) is 24.3 Å². The largest absolute Gasteiger partial charge is 0.385 e. The molecule has 0 atom stereocenters. The molecule has 6 nitrogen and oxygen atoms in total. The van der Waals surface area contributed by atoms with Crippen LogP contribution in [0.3, 0.4) is 0 Å². The van der Waals surface area contributed by atoms with Gasteiger partial charge in [-0.25, -0.2) is 0 Å². The molecule has 2 rings (SSSR count). The van der Waals surface area contributed by atoms with E-state index in [4.69, 9.17) is 4.74 Å². The molecule has 0 bridgehead atoms. The SMILES string of the molecule is COCCCNC(=O)CC(=O)Nc1ccc(N2CCCCC2)cc1. The molecular weight excluding hydrogens is 306 g/mol. The van der Waals surface area contributed by atoms with Crippen LogP contribution < -0.4 is 15.5 Å². The Balaban J connectivity index is 1.74. The lowest BCUT2D eigenvalue weighted by atomic mass is 10.1. The monoisotopic (exact) mass is 333 g/mol. The molecule has 0 aliphatic carbocycles. The average Bonchev–Trinajstić information content (AvgIpc) is 2.60. The van der Waals surface area contributed by atoms with E-state index in [1.807, 2.05) is 24.3 Å². The fourth-order valence-electron chi connectivity index (χ4n) is 2.77. The molecule has 1 heterocycles. The molecule has 2 amide bonds. The molecular formula is C18H27N3O3. The minimum atomic E-state index is -0.301. The summed E-state index contributed by atoms with van der Waals surface area (Å²) in [6, 6.07) is 7.81. The smallest absolute Gasteiger partial charge is 0.233 e. The maximum absolute atomic E-state index is 11.9. The number of hydrogen-bond acceptors (Lipinski definition) is 4. The summed E-state index contributed by atoms with van der Waals surface area (Å²) in [6.07, 6.45) is 4.34. The van der Waals surface area contributed by atoms with Crippen molar-refractivity contribution in [2.24, 2.45) is 0 Å². The van der Waals surface area contributed by atoms with Gasteiger partial charge in [0, 0.05) is 44.7 Å². The number of rotatable bonds is 8. The van der Waals surface area contributed by atoms with Gasteiger partial charge in [-0.05, 0) is 49.9 Å². The van der Waals surface area contributed by atoms with Crippen LogP contribution in [0.5, 0.6) is 0 Å². The topological polar surface area (TPSA) is 70.7 Å². The molecule has 1 fully saturated rings. The van der Waals surface area contributed by atoms with Crippen LogP contribution in [0.15, 0.2) is 24.3 Å². The van der Waals surface area contributed by atoms with Gasteiger partial charge in [-0.15, -0.1) is 0 Å². The Hall–Kier alpha value is -2.08. The number of methoxy groups -OCH3 is 1. The van der Waals surface area contributed by atoms with E-state index in [1.54, 1.807) is 7.11 Å². The first-order chi connectivity index (χ1) is 11.7. The van der Waals surface area contributed by atoms with Crippen molar-refractivity contribution in [2.75, 3.05) is 43.6 Å². The lowest BCUT2D eigenvalue weighted by Gasteiger charge is -2.28. The number of carbonyl (C=O) groups excluding carboxylic acids is 2. The summed E-state index contributed by atoms with van der Waals surface area (Å²) in [6.45, 7) is 3.30. The molecule has 24 heavy (non-hydrogen) atoms. The lowest BCUT2D eigenvalue weighted by Crippen LogP contribution is -2.29. The first-order valence-electron chi connectivity index (χ1n) is 8.59. The third-order valence-corrected chi connectivity index (χ3v) is 4.04.